The molecule has 0 aromatic heterocycles. The lowest BCUT2D eigenvalue weighted by Crippen LogP contribution is -2.32. The average molecular weight is 186 g/mol. The van der Waals surface area contributed by atoms with E-state index in [0.717, 1.165) is 24.3 Å². The van der Waals surface area contributed by atoms with Crippen LogP contribution in [0.3, 0.4) is 0 Å². The minimum absolute atomic E-state index is 0.194. The topological polar surface area (TPSA) is 66.2 Å². The largest absolute Gasteiger partial charge is 0.628 e. The van der Waals surface area contributed by atoms with Gasteiger partial charge in [-0.1, -0.05) is 0 Å². The van der Waals surface area contributed by atoms with Gasteiger partial charge < -0.3 is 9.85 Å². The number of non-ortho nitro benzene ring substituents is 1. The molecule has 1 aromatic rings. The molecule has 0 atom stereocenters. The summed E-state index contributed by atoms with van der Waals surface area (Å²) in [6.45, 7) is -4.01. The summed E-state index contributed by atoms with van der Waals surface area (Å²) in [6.07, 6.45) is 0. The molecule has 1 aromatic carbocycles. The summed E-state index contributed by atoms with van der Waals surface area (Å²) in [5.74, 6) is 0. The zero-order chi connectivity index (χ0) is 13.2. The van der Waals surface area contributed by atoms with E-state index in [1.54, 1.807) is 0 Å². The summed E-state index contributed by atoms with van der Waals surface area (Å²) in [5, 5.41) is 22.4. The molecular weight excluding hydrogens is 172 g/mol. The number of nitro groups is 1. The van der Waals surface area contributed by atoms with Crippen molar-refractivity contribution in [3.8, 4) is 0 Å². The molecule has 0 bridgehead atoms. The van der Waals surface area contributed by atoms with Crippen LogP contribution in [-0.4, -0.2) is 18.9 Å². The van der Waals surface area contributed by atoms with Crippen LogP contribution in [0.25, 0.3) is 0 Å². The first-order valence-corrected chi connectivity index (χ1v) is 3.33. The summed E-state index contributed by atoms with van der Waals surface area (Å²) < 4.78 is 26.6. The highest BCUT2D eigenvalue weighted by Crippen LogP contribution is 2.20. The van der Waals surface area contributed by atoms with Crippen LogP contribution in [0.5, 0.6) is 0 Å². The van der Waals surface area contributed by atoms with Gasteiger partial charge in [0.1, 0.15) is 5.69 Å². The van der Waals surface area contributed by atoms with Crippen molar-refractivity contribution in [2.24, 2.45) is 0 Å². The Balaban J connectivity index is 3.17. The number of nitro benzene ring substituents is 1. The zero-order valence-electron chi connectivity index (χ0n) is 10.6. The van der Waals surface area contributed by atoms with Crippen LogP contribution in [-0.2, 0) is 0 Å². The van der Waals surface area contributed by atoms with Crippen molar-refractivity contribution in [2.45, 2.75) is 0 Å². The molecule has 0 heterocycles. The van der Waals surface area contributed by atoms with E-state index >= 15 is 0 Å². The van der Waals surface area contributed by atoms with Gasteiger partial charge in [0, 0.05) is 24.3 Å². The molecule has 0 radical (unpaired) electrons. The molecule has 5 nitrogen and oxygen atoms in total. The van der Waals surface area contributed by atoms with Crippen molar-refractivity contribution in [3.63, 3.8) is 0 Å². The summed E-state index contributed by atoms with van der Waals surface area (Å²) >= 11 is 0. The molecule has 0 unspecified atom stereocenters. The van der Waals surface area contributed by atoms with Crippen LogP contribution in [0, 0.1) is 15.3 Å². The van der Waals surface area contributed by atoms with Gasteiger partial charge in [-0.05, 0) is 0 Å². The molecular formula is C8H10N2O3. The fourth-order valence-corrected chi connectivity index (χ4v) is 0.807. The summed E-state index contributed by atoms with van der Waals surface area (Å²) in [5.41, 5.74) is -0.432. The van der Waals surface area contributed by atoms with Crippen LogP contribution in [0.1, 0.15) is 5.48 Å². The van der Waals surface area contributed by atoms with Crippen LogP contribution in [0.4, 0.5) is 11.4 Å². The monoisotopic (exact) mass is 186 g/mol. The lowest BCUT2D eigenvalue weighted by atomic mass is 10.3. The maximum absolute atomic E-state index is 12.0. The third kappa shape index (κ3) is 2.24. The Morgan fingerprint density at radius 1 is 1.38 bits per heavy atom. The Morgan fingerprint density at radius 3 is 2.31 bits per heavy atom. The SMILES string of the molecule is [2H]C([2H])[N+]([O-])(c1ccc([N+](=O)[O-])cc1)C([2H])[2H]. The fraction of sp³-hybridized carbons (Fsp3) is 0.250. The highest BCUT2D eigenvalue weighted by Gasteiger charge is 2.10. The standard InChI is InChI=1S/C8H10N2O3/c1-10(2,13)8-5-3-7(4-6-8)9(11)12/h3-6H,1-2H3/i1D2,2D2. The van der Waals surface area contributed by atoms with E-state index in [2.05, 4.69) is 0 Å². The molecule has 0 aliphatic rings. The van der Waals surface area contributed by atoms with E-state index in [0.29, 0.717) is 0 Å². The lowest BCUT2D eigenvalue weighted by Gasteiger charge is -2.32. The van der Waals surface area contributed by atoms with Gasteiger partial charge in [-0.15, -0.1) is 0 Å². The number of quaternary nitrogens is 1. The highest BCUT2D eigenvalue weighted by atomic mass is 16.6. The Hall–Kier alpha value is -1.46. The van der Waals surface area contributed by atoms with Crippen LogP contribution < -0.4 is 4.65 Å². The minimum Gasteiger partial charge on any atom is -0.628 e. The maximum atomic E-state index is 12.0. The Labute approximate surface area is 81.2 Å². The van der Waals surface area contributed by atoms with E-state index < -0.39 is 23.6 Å². The van der Waals surface area contributed by atoms with E-state index in [-0.39, 0.29) is 11.4 Å². The number of benzene rings is 1. The Bertz CT molecular complexity index is 402. The van der Waals surface area contributed by atoms with Gasteiger partial charge in [0.05, 0.1) is 24.4 Å². The average Bonchev–Trinajstić information content (AvgIpc) is 2.27. The zero-order valence-corrected chi connectivity index (χ0v) is 6.58. The van der Waals surface area contributed by atoms with E-state index in [9.17, 15) is 15.3 Å². The second-order valence-electron chi connectivity index (χ2n) is 2.48. The Morgan fingerprint density at radius 2 is 1.92 bits per heavy atom. The van der Waals surface area contributed by atoms with Gasteiger partial charge in [0.25, 0.3) is 5.69 Å². The third-order valence-corrected chi connectivity index (χ3v) is 1.46. The summed E-state index contributed by atoms with van der Waals surface area (Å²) in [7, 11) is 0. The highest BCUT2D eigenvalue weighted by molar-refractivity contribution is 5.47. The van der Waals surface area contributed by atoms with Gasteiger partial charge in [-0.3, -0.25) is 10.1 Å². The molecule has 0 fully saturated rings. The first kappa shape index (κ1) is 5.31. The molecule has 0 saturated heterocycles. The molecule has 13 heavy (non-hydrogen) atoms. The van der Waals surface area contributed by atoms with E-state index in [1.807, 2.05) is 0 Å². The van der Waals surface area contributed by atoms with Crippen molar-refractivity contribution in [1.82, 2.24) is 4.65 Å². The van der Waals surface area contributed by atoms with Crippen molar-refractivity contribution >= 4 is 11.4 Å². The second kappa shape index (κ2) is 3.12. The predicted molar refractivity (Wildman–Crippen MR) is 50.1 cm³/mol. The minimum atomic E-state index is -2.00. The number of hydrogen-bond donors (Lipinski definition) is 0. The summed E-state index contributed by atoms with van der Waals surface area (Å²) in [6, 6.07) is 4.23. The lowest BCUT2D eigenvalue weighted by molar-refractivity contribution is -0.384. The van der Waals surface area contributed by atoms with Crippen molar-refractivity contribution in [2.75, 3.05) is 14.0 Å². The molecule has 0 spiro atoms. The van der Waals surface area contributed by atoms with Crippen LogP contribution in [0.15, 0.2) is 24.3 Å². The van der Waals surface area contributed by atoms with Crippen molar-refractivity contribution in [1.29, 1.82) is 0 Å². The van der Waals surface area contributed by atoms with Crippen molar-refractivity contribution in [3.05, 3.63) is 39.6 Å². The van der Waals surface area contributed by atoms with E-state index in [4.69, 9.17) is 5.48 Å². The smallest absolute Gasteiger partial charge is 0.269 e. The third-order valence-electron chi connectivity index (χ3n) is 1.46. The first-order chi connectivity index (χ1) is 7.80. The number of hydroxylamine groups is 2. The summed E-state index contributed by atoms with van der Waals surface area (Å²) in [4.78, 5) is 9.75. The number of hydrogen-bond acceptors (Lipinski definition) is 3. The van der Waals surface area contributed by atoms with Gasteiger partial charge in [0.15, 0.2) is 0 Å². The number of rotatable bonds is 2. The van der Waals surface area contributed by atoms with Crippen molar-refractivity contribution < 1.29 is 10.4 Å². The van der Waals surface area contributed by atoms with Crippen LogP contribution >= 0.6 is 0 Å². The van der Waals surface area contributed by atoms with Gasteiger partial charge in [-0.2, -0.15) is 0 Å². The quantitative estimate of drug-likeness (QED) is 0.400. The molecule has 5 heteroatoms. The van der Waals surface area contributed by atoms with Gasteiger partial charge >= 0.3 is 0 Å². The maximum Gasteiger partial charge on any atom is 0.269 e. The Kier molecular flexibility index (Phi) is 1.27. The van der Waals surface area contributed by atoms with Gasteiger partial charge in [-0.25, -0.2) is 0 Å². The molecule has 70 valence electrons. The molecule has 0 saturated carbocycles. The van der Waals surface area contributed by atoms with Gasteiger partial charge in [0.2, 0.25) is 0 Å². The van der Waals surface area contributed by atoms with E-state index in [1.165, 1.54) is 0 Å². The fourth-order valence-electron chi connectivity index (χ4n) is 0.807. The molecule has 0 N–H and O–H groups in total. The number of nitrogens with zero attached hydrogens (tertiary/aromatic N) is 2. The first-order valence-electron chi connectivity index (χ1n) is 5.64. The molecule has 0 aliphatic heterocycles. The van der Waals surface area contributed by atoms with Crippen LogP contribution in [0.2, 0.25) is 0 Å². The second-order valence-corrected chi connectivity index (χ2v) is 2.48. The molecule has 0 amide bonds. The molecule has 1 rings (SSSR count). The molecule has 0 aliphatic carbocycles. The normalized spacial score (nSPS) is 16.2. The predicted octanol–water partition coefficient (Wildman–Crippen LogP) is 1.66.